The van der Waals surface area contributed by atoms with Crippen molar-refractivity contribution in [3.63, 3.8) is 0 Å². The predicted molar refractivity (Wildman–Crippen MR) is 158 cm³/mol. The van der Waals surface area contributed by atoms with E-state index < -0.39 is 39.8 Å². The lowest BCUT2D eigenvalue weighted by Gasteiger charge is -2.35. The third kappa shape index (κ3) is 9.28. The first-order valence-electron chi connectivity index (χ1n) is 14.2. The number of carboxylic acids is 1. The van der Waals surface area contributed by atoms with Crippen molar-refractivity contribution in [3.05, 3.63) is 18.6 Å². The lowest BCUT2D eigenvalue weighted by molar-refractivity contribution is -0.139. The molecule has 14 nitrogen and oxygen atoms in total. The summed E-state index contributed by atoms with van der Waals surface area (Å²) in [7, 11) is 0.0965. The van der Waals surface area contributed by atoms with Crippen molar-refractivity contribution in [2.24, 2.45) is 5.92 Å². The highest BCUT2D eigenvalue weighted by atomic mass is 32.2. The van der Waals surface area contributed by atoms with Crippen LogP contribution >= 0.6 is 0 Å². The molecule has 15 heteroatoms. The van der Waals surface area contributed by atoms with Crippen molar-refractivity contribution in [1.82, 2.24) is 29.9 Å². The van der Waals surface area contributed by atoms with Crippen molar-refractivity contribution in [2.45, 2.75) is 83.4 Å². The third-order valence-electron chi connectivity index (χ3n) is 7.33. The van der Waals surface area contributed by atoms with E-state index in [0.717, 1.165) is 25.7 Å². The summed E-state index contributed by atoms with van der Waals surface area (Å²) >= 11 is 0. The zero-order chi connectivity index (χ0) is 31.1. The minimum Gasteiger partial charge on any atom is -0.480 e. The SMILES string of the molecule is CNS(=O)(=O)CC1CCC(N(C)c2ncnc3c2ccn3C(=O)N[C@@H](CCCCNC(=O)OC(C)(C)C)C(=O)O)CC1. The van der Waals surface area contributed by atoms with Gasteiger partial charge in [-0.05, 0) is 84.7 Å². The molecule has 0 spiro atoms. The second-order valence-corrected chi connectivity index (χ2v) is 13.6. The molecule has 42 heavy (non-hydrogen) atoms. The Morgan fingerprint density at radius 1 is 1.17 bits per heavy atom. The van der Waals surface area contributed by atoms with Crippen molar-refractivity contribution >= 4 is 45.0 Å². The van der Waals surface area contributed by atoms with Gasteiger partial charge in [-0.15, -0.1) is 0 Å². The molecule has 2 amide bonds. The number of unbranched alkanes of at least 4 members (excludes halogenated alkanes) is 1. The highest BCUT2D eigenvalue weighted by molar-refractivity contribution is 7.89. The molecule has 1 fully saturated rings. The molecule has 1 saturated carbocycles. The Kier molecular flexibility index (Phi) is 11.1. The highest BCUT2D eigenvalue weighted by Gasteiger charge is 2.29. The summed E-state index contributed by atoms with van der Waals surface area (Å²) < 4.78 is 32.7. The molecule has 0 aliphatic heterocycles. The van der Waals surface area contributed by atoms with E-state index in [1.807, 2.05) is 11.9 Å². The second kappa shape index (κ2) is 14.1. The lowest BCUT2D eigenvalue weighted by atomic mass is 9.86. The van der Waals surface area contributed by atoms with Crippen LogP contribution in [0.25, 0.3) is 11.0 Å². The number of anilines is 1. The summed E-state index contributed by atoms with van der Waals surface area (Å²) in [4.78, 5) is 47.5. The van der Waals surface area contributed by atoms with Crippen LogP contribution < -0.4 is 20.3 Å². The molecule has 0 radical (unpaired) electrons. The molecule has 0 aromatic carbocycles. The van der Waals surface area contributed by atoms with E-state index in [1.165, 1.54) is 24.1 Å². The minimum absolute atomic E-state index is 0.103. The Morgan fingerprint density at radius 2 is 1.86 bits per heavy atom. The van der Waals surface area contributed by atoms with Gasteiger partial charge in [0.15, 0.2) is 5.65 Å². The number of amides is 2. The van der Waals surface area contributed by atoms with E-state index in [2.05, 4.69) is 25.3 Å². The average molecular weight is 610 g/mol. The van der Waals surface area contributed by atoms with Crippen molar-refractivity contribution in [1.29, 1.82) is 0 Å². The maximum Gasteiger partial charge on any atom is 0.407 e. The largest absolute Gasteiger partial charge is 0.480 e. The quantitative estimate of drug-likeness (QED) is 0.261. The summed E-state index contributed by atoms with van der Waals surface area (Å²) in [6.07, 6.45) is 6.69. The van der Waals surface area contributed by atoms with Gasteiger partial charge >= 0.3 is 18.1 Å². The van der Waals surface area contributed by atoms with Crippen LogP contribution in [0, 0.1) is 5.92 Å². The first-order chi connectivity index (χ1) is 19.7. The van der Waals surface area contributed by atoms with Gasteiger partial charge in [-0.3, -0.25) is 4.57 Å². The molecule has 0 unspecified atom stereocenters. The topological polar surface area (TPSA) is 185 Å². The number of rotatable bonds is 12. The van der Waals surface area contributed by atoms with Gasteiger partial charge in [0.05, 0.1) is 11.1 Å². The van der Waals surface area contributed by atoms with Crippen LogP contribution in [0.2, 0.25) is 0 Å². The fourth-order valence-corrected chi connectivity index (χ4v) is 6.22. The van der Waals surface area contributed by atoms with Crippen LogP contribution in [0.5, 0.6) is 0 Å². The number of fused-ring (bicyclic) bond motifs is 1. The number of nitrogens with one attached hydrogen (secondary N) is 3. The summed E-state index contributed by atoms with van der Waals surface area (Å²) in [6.45, 7) is 5.62. The Bertz CT molecular complexity index is 1350. The number of aromatic nitrogens is 3. The van der Waals surface area contributed by atoms with Crippen LogP contribution in [0.3, 0.4) is 0 Å². The highest BCUT2D eigenvalue weighted by Crippen LogP contribution is 2.32. The first-order valence-corrected chi connectivity index (χ1v) is 15.8. The van der Waals surface area contributed by atoms with E-state index in [1.54, 1.807) is 26.8 Å². The van der Waals surface area contributed by atoms with Crippen LogP contribution in [0.4, 0.5) is 15.4 Å². The smallest absolute Gasteiger partial charge is 0.407 e. The van der Waals surface area contributed by atoms with Crippen molar-refractivity contribution in [3.8, 4) is 0 Å². The van der Waals surface area contributed by atoms with Gasteiger partial charge < -0.3 is 25.4 Å². The van der Waals surface area contributed by atoms with E-state index in [4.69, 9.17) is 4.74 Å². The first kappa shape index (κ1) is 33.0. The molecule has 234 valence electrons. The Labute approximate surface area is 246 Å². The van der Waals surface area contributed by atoms with Crippen LogP contribution in [-0.2, 0) is 19.6 Å². The molecule has 1 aliphatic rings. The van der Waals surface area contributed by atoms with E-state index in [-0.39, 0.29) is 24.1 Å². The van der Waals surface area contributed by atoms with Gasteiger partial charge in [0.1, 0.15) is 23.8 Å². The number of nitrogens with zero attached hydrogens (tertiary/aromatic N) is 4. The molecule has 2 heterocycles. The maximum absolute atomic E-state index is 13.1. The molecule has 1 aliphatic carbocycles. The second-order valence-electron chi connectivity index (χ2n) is 11.7. The molecule has 1 atom stereocenters. The Morgan fingerprint density at radius 3 is 2.48 bits per heavy atom. The van der Waals surface area contributed by atoms with Crippen LogP contribution in [-0.4, -0.2) is 90.2 Å². The van der Waals surface area contributed by atoms with E-state index in [0.29, 0.717) is 36.2 Å². The molecule has 0 bridgehead atoms. The number of carbonyl (C=O) groups excluding carboxylic acids is 2. The predicted octanol–water partition coefficient (Wildman–Crippen LogP) is 2.68. The monoisotopic (exact) mass is 609 g/mol. The number of sulfonamides is 1. The number of ether oxygens (including phenoxy) is 1. The van der Waals surface area contributed by atoms with E-state index in [9.17, 15) is 27.9 Å². The molecule has 2 aromatic heterocycles. The zero-order valence-electron chi connectivity index (χ0n) is 24.9. The summed E-state index contributed by atoms with van der Waals surface area (Å²) in [6, 6.07) is 0.129. The Hall–Kier alpha value is -3.46. The van der Waals surface area contributed by atoms with E-state index >= 15 is 0 Å². The summed E-state index contributed by atoms with van der Waals surface area (Å²) in [5.41, 5.74) is -0.255. The third-order valence-corrected chi connectivity index (χ3v) is 8.86. The van der Waals surface area contributed by atoms with Gasteiger partial charge in [-0.1, -0.05) is 0 Å². The average Bonchev–Trinajstić information content (AvgIpc) is 3.35. The number of aliphatic carboxylic acids is 1. The number of alkyl carbamates (subject to hydrolysis) is 1. The standard InChI is InChI=1S/C27H43N7O7S/c1-27(2,3)41-26(38)29-14-7-6-8-21(24(35)36)32-25(37)34-15-13-20-22(30-17-31-23(20)34)33(5)19-11-9-18(10-12-19)16-42(39,40)28-4/h13,15,17-19,21,28H,6-12,14,16H2,1-5H3,(H,29,38)(H,32,37)(H,35,36)/t18?,19?,21-/m0/s1. The number of carboxylic acid groups (broad SMARTS) is 1. The minimum atomic E-state index is -3.26. The van der Waals surface area contributed by atoms with Crippen LogP contribution in [0.1, 0.15) is 65.7 Å². The van der Waals surface area contributed by atoms with Gasteiger partial charge in [0.2, 0.25) is 10.0 Å². The maximum atomic E-state index is 13.1. The fourth-order valence-electron chi connectivity index (χ4n) is 5.10. The van der Waals surface area contributed by atoms with Gasteiger partial charge in [0, 0.05) is 25.8 Å². The van der Waals surface area contributed by atoms with Crippen molar-refractivity contribution in [2.75, 3.05) is 31.3 Å². The zero-order valence-corrected chi connectivity index (χ0v) is 25.7. The molecule has 0 saturated heterocycles. The Balaban J connectivity index is 1.59. The fraction of sp³-hybridized carbons (Fsp3) is 0.667. The van der Waals surface area contributed by atoms with Gasteiger partial charge in [0.25, 0.3) is 0 Å². The van der Waals surface area contributed by atoms with Gasteiger partial charge in [-0.2, -0.15) is 0 Å². The summed E-state index contributed by atoms with van der Waals surface area (Å²) in [5, 5.41) is 15.5. The molecular weight excluding hydrogens is 566 g/mol. The molecular formula is C27H43N7O7S. The summed E-state index contributed by atoms with van der Waals surface area (Å²) in [5.74, 6) is -0.292. The number of carbonyl (C=O) groups is 3. The molecule has 4 N–H and O–H groups in total. The van der Waals surface area contributed by atoms with Crippen LogP contribution in [0.15, 0.2) is 18.6 Å². The molecule has 2 aromatic rings. The number of hydrogen-bond acceptors (Lipinski definition) is 9. The van der Waals surface area contributed by atoms with Gasteiger partial charge in [-0.25, -0.2) is 37.5 Å². The van der Waals surface area contributed by atoms with Crippen molar-refractivity contribution < 1.29 is 32.6 Å². The molecule has 3 rings (SSSR count). The lowest BCUT2D eigenvalue weighted by Crippen LogP contribution is -2.42. The normalized spacial score (nSPS) is 18.3. The number of hydrogen-bond donors (Lipinski definition) is 4.